The smallest absolute Gasteiger partial charge is 0.203 e. The van der Waals surface area contributed by atoms with Crippen molar-refractivity contribution in [2.75, 3.05) is 28.4 Å². The molecule has 2 rings (SSSR count). The molecule has 0 radical (unpaired) electrons. The monoisotopic (exact) mass is 323 g/mol. The van der Waals surface area contributed by atoms with Gasteiger partial charge in [-0.15, -0.1) is 0 Å². The zero-order chi connectivity index (χ0) is 16.3. The van der Waals surface area contributed by atoms with Crippen LogP contribution < -0.4 is 18.9 Å². The maximum absolute atomic E-state index is 6.32. The van der Waals surface area contributed by atoms with Crippen molar-refractivity contribution in [3.05, 3.63) is 29.0 Å². The molecule has 2 aromatic rings. The van der Waals surface area contributed by atoms with Gasteiger partial charge in [-0.1, -0.05) is 11.6 Å². The molecule has 0 saturated carbocycles. The molecule has 0 N–H and O–H groups in total. The van der Waals surface area contributed by atoms with E-state index in [0.717, 1.165) is 16.7 Å². The van der Waals surface area contributed by atoms with Crippen molar-refractivity contribution in [2.24, 2.45) is 0 Å². The molecule has 0 fully saturated rings. The fourth-order valence-corrected chi connectivity index (χ4v) is 2.64. The normalized spacial score (nSPS) is 10.3. The standard InChI is InChI=1S/C16H18ClNO4/c1-9-10(14-11(17)7-18-8-13(14)20-3)6-12(19-2)16(22-5)15(9)21-4/h6-8H,1-5H3. The maximum Gasteiger partial charge on any atom is 0.203 e. The Morgan fingerprint density at radius 3 is 2.05 bits per heavy atom. The first-order chi connectivity index (χ1) is 10.6. The summed E-state index contributed by atoms with van der Waals surface area (Å²) >= 11 is 6.32. The van der Waals surface area contributed by atoms with E-state index in [4.69, 9.17) is 30.5 Å². The Bertz CT molecular complexity index is 688. The number of hydrogen-bond acceptors (Lipinski definition) is 5. The van der Waals surface area contributed by atoms with Crippen LogP contribution in [0.1, 0.15) is 5.56 Å². The summed E-state index contributed by atoms with van der Waals surface area (Å²) in [7, 11) is 6.30. The van der Waals surface area contributed by atoms with Crippen molar-refractivity contribution in [1.29, 1.82) is 0 Å². The molecule has 1 aromatic carbocycles. The Balaban J connectivity index is 2.82. The van der Waals surface area contributed by atoms with E-state index >= 15 is 0 Å². The van der Waals surface area contributed by atoms with Crippen molar-refractivity contribution < 1.29 is 18.9 Å². The first-order valence-corrected chi connectivity index (χ1v) is 6.94. The van der Waals surface area contributed by atoms with E-state index in [0.29, 0.717) is 28.0 Å². The van der Waals surface area contributed by atoms with Gasteiger partial charge in [0, 0.05) is 17.3 Å². The van der Waals surface area contributed by atoms with Gasteiger partial charge < -0.3 is 18.9 Å². The lowest BCUT2D eigenvalue weighted by molar-refractivity contribution is 0.323. The molecule has 6 heteroatoms. The van der Waals surface area contributed by atoms with Crippen LogP contribution in [-0.4, -0.2) is 33.4 Å². The van der Waals surface area contributed by atoms with Crippen molar-refractivity contribution in [2.45, 2.75) is 6.92 Å². The van der Waals surface area contributed by atoms with Crippen LogP contribution in [0.3, 0.4) is 0 Å². The second kappa shape index (κ2) is 6.75. The van der Waals surface area contributed by atoms with Crippen LogP contribution in [0.25, 0.3) is 11.1 Å². The predicted molar refractivity (Wildman–Crippen MR) is 85.6 cm³/mol. The quantitative estimate of drug-likeness (QED) is 0.838. The maximum atomic E-state index is 6.32. The Morgan fingerprint density at radius 1 is 0.864 bits per heavy atom. The van der Waals surface area contributed by atoms with Crippen LogP contribution in [0.15, 0.2) is 18.5 Å². The molecule has 0 bridgehead atoms. The molecular weight excluding hydrogens is 306 g/mol. The number of halogens is 1. The molecular formula is C16H18ClNO4. The molecule has 1 aromatic heterocycles. The fraction of sp³-hybridized carbons (Fsp3) is 0.312. The zero-order valence-electron chi connectivity index (χ0n) is 13.2. The lowest BCUT2D eigenvalue weighted by atomic mass is 9.98. The molecule has 0 atom stereocenters. The highest BCUT2D eigenvalue weighted by Gasteiger charge is 2.22. The predicted octanol–water partition coefficient (Wildman–Crippen LogP) is 3.74. The lowest BCUT2D eigenvalue weighted by Crippen LogP contribution is -2.00. The summed E-state index contributed by atoms with van der Waals surface area (Å²) in [4.78, 5) is 4.05. The molecule has 0 aliphatic rings. The molecule has 1 heterocycles. The fourth-order valence-electron chi connectivity index (χ4n) is 2.39. The van der Waals surface area contributed by atoms with Crippen LogP contribution in [0, 0.1) is 6.92 Å². The molecule has 0 aliphatic carbocycles. The number of rotatable bonds is 5. The van der Waals surface area contributed by atoms with E-state index < -0.39 is 0 Å². The first kappa shape index (κ1) is 16.2. The van der Waals surface area contributed by atoms with E-state index in [1.807, 2.05) is 13.0 Å². The molecule has 0 amide bonds. The van der Waals surface area contributed by atoms with Gasteiger partial charge in [-0.25, -0.2) is 0 Å². The summed E-state index contributed by atoms with van der Waals surface area (Å²) in [6.07, 6.45) is 3.19. The van der Waals surface area contributed by atoms with Crippen molar-refractivity contribution in [3.8, 4) is 34.1 Å². The summed E-state index contributed by atoms with van der Waals surface area (Å²) < 4.78 is 21.7. The number of pyridine rings is 1. The van der Waals surface area contributed by atoms with Crippen LogP contribution in [0.4, 0.5) is 0 Å². The van der Waals surface area contributed by atoms with Gasteiger partial charge in [0.25, 0.3) is 0 Å². The number of aromatic nitrogens is 1. The van der Waals surface area contributed by atoms with Crippen LogP contribution in [0.2, 0.25) is 5.02 Å². The Morgan fingerprint density at radius 2 is 1.50 bits per heavy atom. The molecule has 0 aliphatic heterocycles. The van der Waals surface area contributed by atoms with Gasteiger partial charge in [0.2, 0.25) is 5.75 Å². The minimum absolute atomic E-state index is 0.483. The lowest BCUT2D eigenvalue weighted by Gasteiger charge is -2.19. The second-order valence-electron chi connectivity index (χ2n) is 4.52. The molecule has 0 spiro atoms. The highest BCUT2D eigenvalue weighted by atomic mass is 35.5. The number of methoxy groups -OCH3 is 4. The molecule has 5 nitrogen and oxygen atoms in total. The Hall–Kier alpha value is -2.14. The third-order valence-corrected chi connectivity index (χ3v) is 3.72. The number of ether oxygens (including phenoxy) is 4. The van der Waals surface area contributed by atoms with E-state index in [-0.39, 0.29) is 0 Å². The molecule has 118 valence electrons. The third-order valence-electron chi connectivity index (χ3n) is 3.43. The van der Waals surface area contributed by atoms with Gasteiger partial charge in [0.15, 0.2) is 11.5 Å². The minimum Gasteiger partial charge on any atom is -0.494 e. The SMILES string of the molecule is COc1cc(-c2c(Cl)cncc2OC)c(C)c(OC)c1OC. The van der Waals surface area contributed by atoms with Crippen LogP contribution in [-0.2, 0) is 0 Å². The topological polar surface area (TPSA) is 49.8 Å². The Labute approximate surface area is 134 Å². The molecule has 0 saturated heterocycles. The summed E-state index contributed by atoms with van der Waals surface area (Å²) in [5.74, 6) is 2.25. The van der Waals surface area contributed by atoms with Crippen molar-refractivity contribution in [3.63, 3.8) is 0 Å². The summed E-state index contributed by atoms with van der Waals surface area (Å²) in [5, 5.41) is 0.483. The number of nitrogens with zero attached hydrogens (tertiary/aromatic N) is 1. The van der Waals surface area contributed by atoms with E-state index in [1.165, 1.54) is 0 Å². The van der Waals surface area contributed by atoms with E-state index in [1.54, 1.807) is 40.8 Å². The van der Waals surface area contributed by atoms with Gasteiger partial charge in [-0.05, 0) is 18.6 Å². The second-order valence-corrected chi connectivity index (χ2v) is 4.92. The Kier molecular flexibility index (Phi) is 4.98. The average Bonchev–Trinajstić information content (AvgIpc) is 2.54. The third kappa shape index (κ3) is 2.64. The van der Waals surface area contributed by atoms with E-state index in [9.17, 15) is 0 Å². The zero-order valence-corrected chi connectivity index (χ0v) is 13.9. The van der Waals surface area contributed by atoms with E-state index in [2.05, 4.69) is 4.98 Å². The molecule has 22 heavy (non-hydrogen) atoms. The van der Waals surface area contributed by atoms with Crippen LogP contribution in [0.5, 0.6) is 23.0 Å². The average molecular weight is 324 g/mol. The van der Waals surface area contributed by atoms with Gasteiger partial charge in [0.05, 0.1) is 39.7 Å². The summed E-state index contributed by atoms with van der Waals surface area (Å²) in [6.45, 7) is 1.92. The van der Waals surface area contributed by atoms with Gasteiger partial charge in [-0.2, -0.15) is 0 Å². The van der Waals surface area contributed by atoms with Gasteiger partial charge in [0.1, 0.15) is 5.75 Å². The van der Waals surface area contributed by atoms with Crippen molar-refractivity contribution >= 4 is 11.6 Å². The molecule has 0 unspecified atom stereocenters. The summed E-state index contributed by atoms with van der Waals surface area (Å²) in [5.41, 5.74) is 2.43. The van der Waals surface area contributed by atoms with Crippen molar-refractivity contribution in [1.82, 2.24) is 4.98 Å². The van der Waals surface area contributed by atoms with Gasteiger partial charge in [-0.3, -0.25) is 4.98 Å². The number of benzene rings is 1. The minimum atomic E-state index is 0.483. The highest BCUT2D eigenvalue weighted by molar-refractivity contribution is 6.33. The summed E-state index contributed by atoms with van der Waals surface area (Å²) in [6, 6.07) is 1.85. The highest BCUT2D eigenvalue weighted by Crippen LogP contribution is 2.47. The largest absolute Gasteiger partial charge is 0.494 e. The first-order valence-electron chi connectivity index (χ1n) is 6.56. The number of hydrogen-bond donors (Lipinski definition) is 0. The van der Waals surface area contributed by atoms with Crippen LogP contribution >= 0.6 is 11.6 Å². The van der Waals surface area contributed by atoms with Gasteiger partial charge >= 0.3 is 0 Å².